The Bertz CT molecular complexity index is 535. The van der Waals surface area contributed by atoms with E-state index < -0.39 is 10.2 Å². The van der Waals surface area contributed by atoms with E-state index in [1.165, 1.54) is 16.7 Å². The van der Waals surface area contributed by atoms with Crippen molar-refractivity contribution < 1.29 is 8.42 Å². The first-order valence-electron chi connectivity index (χ1n) is 7.25. The summed E-state index contributed by atoms with van der Waals surface area (Å²) in [5, 5.41) is 3.37. The molecule has 0 amide bonds. The highest BCUT2D eigenvalue weighted by molar-refractivity contribution is 7.90. The number of anilines is 1. The molecule has 7 nitrogen and oxygen atoms in total. The zero-order chi connectivity index (χ0) is 15.3. The molecule has 0 spiro atoms. The number of hydrogen-bond donors (Lipinski definition) is 2. The Balaban J connectivity index is 1.96. The molecule has 1 saturated heterocycles. The number of nitrogens with zero attached hydrogens (tertiary/aromatic N) is 3. The van der Waals surface area contributed by atoms with Crippen molar-refractivity contribution in [1.29, 1.82) is 0 Å². The molecule has 2 rings (SSSR count). The van der Waals surface area contributed by atoms with Crippen molar-refractivity contribution in [2.24, 2.45) is 5.92 Å². The summed E-state index contributed by atoms with van der Waals surface area (Å²) >= 11 is 0. The van der Waals surface area contributed by atoms with Gasteiger partial charge in [-0.3, -0.25) is 0 Å². The average Bonchev–Trinajstić information content (AvgIpc) is 2.46. The van der Waals surface area contributed by atoms with E-state index in [2.05, 4.69) is 33.9 Å². The highest BCUT2D eigenvalue weighted by Crippen LogP contribution is 2.19. The first-order valence-corrected chi connectivity index (χ1v) is 8.69. The van der Waals surface area contributed by atoms with E-state index in [1.54, 1.807) is 6.07 Å². The van der Waals surface area contributed by atoms with Crippen molar-refractivity contribution >= 4 is 16.2 Å². The maximum atomic E-state index is 12.4. The summed E-state index contributed by atoms with van der Waals surface area (Å²) in [6.45, 7) is 6.09. The molecule has 21 heavy (non-hydrogen) atoms. The van der Waals surface area contributed by atoms with E-state index in [-0.39, 0.29) is 5.95 Å². The van der Waals surface area contributed by atoms with E-state index in [0.717, 1.165) is 19.4 Å². The lowest BCUT2D eigenvalue weighted by Crippen LogP contribution is -2.45. The third-order valence-electron chi connectivity index (χ3n) is 3.42. The Hall–Kier alpha value is -1.25. The van der Waals surface area contributed by atoms with Crippen LogP contribution in [0.15, 0.2) is 18.5 Å². The topological polar surface area (TPSA) is 87.2 Å². The molecule has 118 valence electrons. The third kappa shape index (κ3) is 4.90. The van der Waals surface area contributed by atoms with Crippen LogP contribution in [-0.4, -0.2) is 48.4 Å². The van der Waals surface area contributed by atoms with Gasteiger partial charge in [0.25, 0.3) is 0 Å². The molecule has 2 N–H and O–H groups in total. The molecule has 1 aliphatic rings. The summed E-state index contributed by atoms with van der Waals surface area (Å²) < 4.78 is 28.6. The monoisotopic (exact) mass is 313 g/mol. The van der Waals surface area contributed by atoms with E-state index in [4.69, 9.17) is 0 Å². The molecule has 1 aromatic heterocycles. The first kappa shape index (κ1) is 16.1. The summed E-state index contributed by atoms with van der Waals surface area (Å²) in [5.74, 6) is 0.453. The fraction of sp³-hybridized carbons (Fsp3) is 0.692. The molecule has 0 aliphatic carbocycles. The second-order valence-corrected chi connectivity index (χ2v) is 7.28. The average molecular weight is 313 g/mol. The molecule has 8 heteroatoms. The van der Waals surface area contributed by atoms with Gasteiger partial charge in [-0.15, -0.1) is 0 Å². The van der Waals surface area contributed by atoms with Crippen molar-refractivity contribution in [3.05, 3.63) is 18.5 Å². The molecule has 1 aliphatic heterocycles. The largest absolute Gasteiger partial charge is 0.314 e. The van der Waals surface area contributed by atoms with Gasteiger partial charge in [0.05, 0.1) is 0 Å². The Kier molecular flexibility index (Phi) is 5.49. The maximum Gasteiger partial charge on any atom is 0.303 e. The van der Waals surface area contributed by atoms with Gasteiger partial charge < -0.3 is 5.32 Å². The molecular weight excluding hydrogens is 290 g/mol. The van der Waals surface area contributed by atoms with Gasteiger partial charge in [-0.2, -0.15) is 12.7 Å². The molecule has 1 unspecified atom stereocenters. The Morgan fingerprint density at radius 2 is 2.10 bits per heavy atom. The van der Waals surface area contributed by atoms with Crippen LogP contribution in [0, 0.1) is 5.92 Å². The van der Waals surface area contributed by atoms with Crippen LogP contribution < -0.4 is 10.0 Å². The van der Waals surface area contributed by atoms with Gasteiger partial charge in [-0.05, 0) is 31.4 Å². The predicted molar refractivity (Wildman–Crippen MR) is 82.0 cm³/mol. The van der Waals surface area contributed by atoms with Crippen LogP contribution in [-0.2, 0) is 10.2 Å². The zero-order valence-corrected chi connectivity index (χ0v) is 13.3. The normalized spacial score (nSPS) is 20.6. The van der Waals surface area contributed by atoms with E-state index >= 15 is 0 Å². The van der Waals surface area contributed by atoms with Gasteiger partial charge in [0.2, 0.25) is 5.95 Å². The minimum atomic E-state index is -3.58. The van der Waals surface area contributed by atoms with E-state index in [1.807, 2.05) is 0 Å². The molecule has 0 saturated carbocycles. The number of aromatic nitrogens is 2. The van der Waals surface area contributed by atoms with Crippen molar-refractivity contribution in [3.8, 4) is 0 Å². The summed E-state index contributed by atoms with van der Waals surface area (Å²) in [6.07, 6.45) is 4.95. The predicted octanol–water partition coefficient (Wildman–Crippen LogP) is 0.843. The highest BCUT2D eigenvalue weighted by atomic mass is 32.2. The maximum absolute atomic E-state index is 12.4. The molecule has 0 bridgehead atoms. The molecule has 1 fully saturated rings. The number of nitrogens with one attached hydrogen (secondary N) is 2. The molecule has 0 aromatic carbocycles. The Morgan fingerprint density at radius 3 is 2.76 bits per heavy atom. The van der Waals surface area contributed by atoms with E-state index in [9.17, 15) is 8.42 Å². The minimum absolute atomic E-state index is 0.111. The van der Waals surface area contributed by atoms with Crippen molar-refractivity contribution in [2.45, 2.75) is 32.7 Å². The van der Waals surface area contributed by atoms with Crippen LogP contribution in [0.4, 0.5) is 5.95 Å². The second-order valence-electron chi connectivity index (χ2n) is 5.61. The van der Waals surface area contributed by atoms with Crippen LogP contribution in [0.2, 0.25) is 0 Å². The fourth-order valence-electron chi connectivity index (χ4n) is 2.35. The summed E-state index contributed by atoms with van der Waals surface area (Å²) in [6, 6.07) is 2.06. The number of piperidine rings is 1. The Labute approximate surface area is 126 Å². The smallest absolute Gasteiger partial charge is 0.303 e. The molecular formula is C13H23N5O2S. The van der Waals surface area contributed by atoms with Crippen LogP contribution in [0.25, 0.3) is 0 Å². The second kappa shape index (κ2) is 7.15. The van der Waals surface area contributed by atoms with Crippen LogP contribution >= 0.6 is 0 Å². The van der Waals surface area contributed by atoms with Gasteiger partial charge in [-0.25, -0.2) is 14.7 Å². The molecule has 2 heterocycles. The standard InChI is InChI=1S/C13H23N5O2S/c1-11(2)16-9-12-5-3-8-18(10-12)21(19,20)17-13-14-6-4-7-15-13/h4,6-7,11-12,16H,3,5,8-10H2,1-2H3,(H,14,15,17). The summed E-state index contributed by atoms with van der Waals surface area (Å²) in [5.41, 5.74) is 0. The van der Waals surface area contributed by atoms with Crippen molar-refractivity contribution in [1.82, 2.24) is 19.6 Å². The molecule has 0 radical (unpaired) electrons. The van der Waals surface area contributed by atoms with Gasteiger partial charge in [0.1, 0.15) is 0 Å². The lowest BCUT2D eigenvalue weighted by atomic mass is 9.99. The van der Waals surface area contributed by atoms with Crippen LogP contribution in [0.1, 0.15) is 26.7 Å². The Morgan fingerprint density at radius 1 is 1.38 bits per heavy atom. The number of rotatable bonds is 6. The molecule has 1 aromatic rings. The molecule has 1 atom stereocenters. The van der Waals surface area contributed by atoms with Crippen molar-refractivity contribution in [2.75, 3.05) is 24.4 Å². The van der Waals surface area contributed by atoms with Gasteiger partial charge in [-0.1, -0.05) is 13.8 Å². The van der Waals surface area contributed by atoms with Gasteiger partial charge >= 0.3 is 10.2 Å². The van der Waals surface area contributed by atoms with Gasteiger partial charge in [0.15, 0.2) is 0 Å². The quantitative estimate of drug-likeness (QED) is 0.813. The fourth-order valence-corrected chi connectivity index (χ4v) is 3.59. The lowest BCUT2D eigenvalue weighted by Gasteiger charge is -2.32. The minimum Gasteiger partial charge on any atom is -0.314 e. The highest BCUT2D eigenvalue weighted by Gasteiger charge is 2.29. The van der Waals surface area contributed by atoms with Gasteiger partial charge in [0, 0.05) is 31.5 Å². The summed E-state index contributed by atoms with van der Waals surface area (Å²) in [4.78, 5) is 7.79. The summed E-state index contributed by atoms with van der Waals surface area (Å²) in [7, 11) is -3.58. The van der Waals surface area contributed by atoms with Crippen LogP contribution in [0.5, 0.6) is 0 Å². The first-order chi connectivity index (χ1) is 9.97. The third-order valence-corrected chi connectivity index (χ3v) is 4.87. The van der Waals surface area contributed by atoms with Crippen molar-refractivity contribution in [3.63, 3.8) is 0 Å². The SMILES string of the molecule is CC(C)NCC1CCCN(S(=O)(=O)Nc2ncccn2)C1. The zero-order valence-electron chi connectivity index (χ0n) is 12.5. The van der Waals surface area contributed by atoms with Crippen LogP contribution in [0.3, 0.4) is 0 Å². The van der Waals surface area contributed by atoms with E-state index in [0.29, 0.717) is 25.0 Å². The lowest BCUT2D eigenvalue weighted by molar-refractivity contribution is 0.257. The number of hydrogen-bond acceptors (Lipinski definition) is 5.